The van der Waals surface area contributed by atoms with Gasteiger partial charge in [-0.2, -0.15) is 0 Å². The van der Waals surface area contributed by atoms with E-state index in [9.17, 15) is 19.2 Å². The van der Waals surface area contributed by atoms with E-state index < -0.39 is 23.8 Å². The Balaban J connectivity index is 1.68. The van der Waals surface area contributed by atoms with Crippen LogP contribution in [0.2, 0.25) is 0 Å². The van der Waals surface area contributed by atoms with E-state index >= 15 is 0 Å². The quantitative estimate of drug-likeness (QED) is 0.130. The van der Waals surface area contributed by atoms with Gasteiger partial charge in [0.25, 0.3) is 11.8 Å². The average molecular weight is 686 g/mol. The summed E-state index contributed by atoms with van der Waals surface area (Å²) >= 11 is 1.28. The third-order valence-electron chi connectivity index (χ3n) is 7.96. The molecule has 12 heteroatoms. The summed E-state index contributed by atoms with van der Waals surface area (Å²) in [5, 5.41) is 9.21. The summed E-state index contributed by atoms with van der Waals surface area (Å²) in [5.74, 6) is -1.60. The highest BCUT2D eigenvalue weighted by molar-refractivity contribution is 7.08. The van der Waals surface area contributed by atoms with E-state index in [-0.39, 0.29) is 30.2 Å². The Morgan fingerprint density at radius 3 is 2.27 bits per heavy atom. The van der Waals surface area contributed by atoms with Crippen LogP contribution in [0.15, 0.2) is 89.6 Å². The highest BCUT2D eigenvalue weighted by Gasteiger charge is 2.35. The highest BCUT2D eigenvalue weighted by atomic mass is 32.1. The number of rotatable bonds is 18. The van der Waals surface area contributed by atoms with Gasteiger partial charge < -0.3 is 30.7 Å². The largest absolute Gasteiger partial charge is 0.495 e. The number of ether oxygens (including phenoxy) is 2. The van der Waals surface area contributed by atoms with Crippen molar-refractivity contribution in [1.29, 1.82) is 0 Å². The minimum absolute atomic E-state index is 0.167. The molecule has 4 aromatic rings. The van der Waals surface area contributed by atoms with E-state index in [4.69, 9.17) is 15.2 Å². The minimum atomic E-state index is -1.21. The van der Waals surface area contributed by atoms with Crippen molar-refractivity contribution in [3.8, 4) is 5.75 Å². The number of thiophene rings is 1. The fourth-order valence-electron chi connectivity index (χ4n) is 5.23. The molecule has 0 bridgehead atoms. The van der Waals surface area contributed by atoms with Crippen LogP contribution in [0.3, 0.4) is 0 Å². The molecule has 3 aromatic carbocycles. The number of nitrogens with one attached hydrogen (secondary N) is 2. The summed E-state index contributed by atoms with van der Waals surface area (Å²) in [6, 6.07) is 21.2. The van der Waals surface area contributed by atoms with Gasteiger partial charge in [0.1, 0.15) is 11.8 Å². The van der Waals surface area contributed by atoms with Gasteiger partial charge in [-0.1, -0.05) is 62.4 Å². The van der Waals surface area contributed by atoms with Gasteiger partial charge in [-0.3, -0.25) is 24.1 Å². The van der Waals surface area contributed by atoms with Crippen molar-refractivity contribution >= 4 is 40.7 Å². The molecule has 0 spiro atoms. The Morgan fingerprint density at radius 1 is 0.857 bits per heavy atom. The molecular formula is C37H43N5O6S. The third-order valence-corrected chi connectivity index (χ3v) is 8.69. The van der Waals surface area contributed by atoms with Gasteiger partial charge in [-0.05, 0) is 54.5 Å². The molecule has 1 aromatic heterocycles. The molecule has 4 rings (SSSR count). The number of hydrogen-bond acceptors (Lipinski definition) is 8. The summed E-state index contributed by atoms with van der Waals surface area (Å²) in [5.41, 5.74) is 8.05. The average Bonchev–Trinajstić information content (AvgIpc) is 3.61. The first kappa shape index (κ1) is 36.8. The Hall–Kier alpha value is -5.04. The first-order chi connectivity index (χ1) is 23.8. The number of anilines is 1. The Labute approximate surface area is 291 Å². The van der Waals surface area contributed by atoms with Crippen LogP contribution in [0.4, 0.5) is 5.69 Å². The molecule has 1 heterocycles. The van der Waals surface area contributed by atoms with Crippen molar-refractivity contribution in [3.63, 3.8) is 0 Å². The molecule has 1 atom stereocenters. The topological polar surface area (TPSA) is 143 Å². The van der Waals surface area contributed by atoms with E-state index in [1.165, 1.54) is 35.5 Å². The lowest BCUT2D eigenvalue weighted by Crippen LogP contribution is -2.45. The molecule has 0 fully saturated rings. The number of likely N-dealkylation sites (N-methyl/N-ethyl adjacent to an activating group) is 1. The summed E-state index contributed by atoms with van der Waals surface area (Å²) < 4.78 is 11.3. The SMILES string of the molecule is CCN(CC)CCNC(=O)c1cccc(N(C(=O)c2cscc2OC)C(C(=O)NCCOCc2ccccc2)c2ccc(C(N)=O)cc2)c1. The molecule has 0 aliphatic heterocycles. The molecule has 0 saturated heterocycles. The second-order valence-corrected chi connectivity index (χ2v) is 11.8. The zero-order valence-electron chi connectivity index (χ0n) is 28.0. The number of nitrogens with two attached hydrogens (primary N) is 1. The summed E-state index contributed by atoms with van der Waals surface area (Å²) in [4.78, 5) is 57.3. The molecule has 0 aliphatic carbocycles. The monoisotopic (exact) mass is 685 g/mol. The van der Waals surface area contributed by atoms with Crippen molar-refractivity contribution in [1.82, 2.24) is 15.5 Å². The van der Waals surface area contributed by atoms with Crippen molar-refractivity contribution in [2.45, 2.75) is 26.5 Å². The standard InChI is InChI=1S/C37H43N5O6S/c1-4-41(5-2)20-18-39-35(44)29-12-9-13-30(22-29)42(37(46)31-24-49-25-32(31)47-3)33(27-14-16-28(17-15-27)34(38)43)36(45)40-19-21-48-23-26-10-7-6-8-11-26/h6-17,22,24-25,33H,4-5,18-21,23H2,1-3H3,(H2,38,43)(H,39,44)(H,40,45). The second kappa shape index (κ2) is 18.5. The Kier molecular flexibility index (Phi) is 13.9. The van der Waals surface area contributed by atoms with Crippen LogP contribution in [0.25, 0.3) is 0 Å². The van der Waals surface area contributed by atoms with Gasteiger partial charge >= 0.3 is 0 Å². The summed E-state index contributed by atoms with van der Waals surface area (Å²) in [6.07, 6.45) is 0. The van der Waals surface area contributed by atoms with E-state index in [1.807, 2.05) is 30.3 Å². The van der Waals surface area contributed by atoms with Crippen LogP contribution in [-0.2, 0) is 16.1 Å². The van der Waals surface area contributed by atoms with E-state index in [0.29, 0.717) is 42.3 Å². The normalized spacial score (nSPS) is 11.5. The molecule has 258 valence electrons. The number of amides is 4. The Morgan fingerprint density at radius 2 is 1.59 bits per heavy atom. The van der Waals surface area contributed by atoms with Crippen LogP contribution in [0.5, 0.6) is 5.75 Å². The van der Waals surface area contributed by atoms with Gasteiger partial charge in [0, 0.05) is 47.2 Å². The number of methoxy groups -OCH3 is 1. The van der Waals surface area contributed by atoms with E-state index in [1.54, 1.807) is 47.2 Å². The molecule has 4 amide bonds. The smallest absolute Gasteiger partial charge is 0.263 e. The second-order valence-electron chi connectivity index (χ2n) is 11.1. The molecule has 4 N–H and O–H groups in total. The summed E-state index contributed by atoms with van der Waals surface area (Å²) in [7, 11) is 1.47. The Bertz CT molecular complexity index is 1690. The van der Waals surface area contributed by atoms with Crippen LogP contribution in [0, 0.1) is 0 Å². The van der Waals surface area contributed by atoms with Gasteiger partial charge in [0.05, 0.1) is 25.9 Å². The van der Waals surface area contributed by atoms with Crippen molar-refractivity contribution in [2.75, 3.05) is 51.3 Å². The molecule has 0 aliphatic rings. The minimum Gasteiger partial charge on any atom is -0.495 e. The zero-order valence-corrected chi connectivity index (χ0v) is 28.8. The number of primary amides is 1. The van der Waals surface area contributed by atoms with E-state index in [2.05, 4.69) is 29.4 Å². The number of carbonyl (C=O) groups excluding carboxylic acids is 4. The number of hydrogen-bond donors (Lipinski definition) is 3. The van der Waals surface area contributed by atoms with Crippen LogP contribution < -0.4 is 26.0 Å². The lowest BCUT2D eigenvalue weighted by molar-refractivity contribution is -0.122. The van der Waals surface area contributed by atoms with Crippen LogP contribution >= 0.6 is 11.3 Å². The molecule has 1 unspecified atom stereocenters. The fraction of sp³-hybridized carbons (Fsp3) is 0.297. The zero-order chi connectivity index (χ0) is 35.2. The maximum Gasteiger partial charge on any atom is 0.263 e. The van der Waals surface area contributed by atoms with Gasteiger partial charge in [-0.25, -0.2) is 0 Å². The predicted octanol–water partition coefficient (Wildman–Crippen LogP) is 4.65. The lowest BCUT2D eigenvalue weighted by atomic mass is 10.00. The van der Waals surface area contributed by atoms with Crippen LogP contribution in [-0.4, -0.2) is 75.0 Å². The van der Waals surface area contributed by atoms with Gasteiger partial charge in [0.15, 0.2) is 0 Å². The maximum absolute atomic E-state index is 14.5. The van der Waals surface area contributed by atoms with Crippen molar-refractivity contribution in [3.05, 3.63) is 117 Å². The maximum atomic E-state index is 14.5. The van der Waals surface area contributed by atoms with Crippen LogP contribution in [0.1, 0.15) is 62.1 Å². The molecule has 0 radical (unpaired) electrons. The molecular weight excluding hydrogens is 643 g/mol. The summed E-state index contributed by atoms with van der Waals surface area (Å²) in [6.45, 7) is 7.78. The number of benzene rings is 3. The molecule has 0 saturated carbocycles. The first-order valence-electron chi connectivity index (χ1n) is 16.1. The fourth-order valence-corrected chi connectivity index (χ4v) is 6.00. The van der Waals surface area contributed by atoms with Crippen molar-refractivity contribution < 1.29 is 28.7 Å². The van der Waals surface area contributed by atoms with E-state index in [0.717, 1.165) is 18.7 Å². The lowest BCUT2D eigenvalue weighted by Gasteiger charge is -2.32. The van der Waals surface area contributed by atoms with Crippen molar-refractivity contribution in [2.24, 2.45) is 5.73 Å². The number of carbonyl (C=O) groups is 4. The molecule has 49 heavy (non-hydrogen) atoms. The third kappa shape index (κ3) is 9.99. The highest BCUT2D eigenvalue weighted by Crippen LogP contribution is 2.34. The van der Waals surface area contributed by atoms with Gasteiger partial charge in [0.2, 0.25) is 11.8 Å². The van der Waals surface area contributed by atoms with Gasteiger partial charge in [-0.15, -0.1) is 11.3 Å². The first-order valence-corrected chi connectivity index (χ1v) is 17.0. The number of nitrogens with zero attached hydrogens (tertiary/aromatic N) is 2. The predicted molar refractivity (Wildman–Crippen MR) is 191 cm³/mol. The molecule has 11 nitrogen and oxygen atoms in total.